The number of nitrogens with zero attached hydrogens (tertiary/aromatic N) is 3. The van der Waals surface area contributed by atoms with Crippen LogP contribution in [0.3, 0.4) is 0 Å². The van der Waals surface area contributed by atoms with Crippen LogP contribution in [0.1, 0.15) is 0 Å². The van der Waals surface area contributed by atoms with E-state index in [1.807, 2.05) is 42.5 Å². The molecule has 0 atom stereocenters. The van der Waals surface area contributed by atoms with E-state index in [0.717, 1.165) is 82.9 Å². The predicted molar refractivity (Wildman–Crippen MR) is 253 cm³/mol. The zero-order valence-corrected chi connectivity index (χ0v) is 36.2. The normalized spacial score (nSPS) is 12.3. The molecule has 0 fully saturated rings. The quantitative estimate of drug-likeness (QED) is 0.163. The number of aromatic hydroxyl groups is 1. The summed E-state index contributed by atoms with van der Waals surface area (Å²) < 4.78 is 8.92. The molecule has 0 saturated carbocycles. The number of pyridine rings is 1. The zero-order chi connectivity index (χ0) is 40.6. The standard InChI is InChI=1S/C52H45N3O2Si2/c1-58(2,3)37-24-26-45(53-32-37)44-28-36(27-43-40-20-12-13-22-49(40)57-51(43)44)42-30-38(59(4,5)6)31-47-50(42)54-52(55(47)46-21-14-18-34-17-10-11-19-39(34)46)41-25-23-35(29-48(41)56)33-15-8-7-9-16-33/h7-32,56H,1-6H3. The minimum absolute atomic E-state index is 0.177. The molecule has 7 heteroatoms. The van der Waals surface area contributed by atoms with Crippen LogP contribution >= 0.6 is 0 Å². The van der Waals surface area contributed by atoms with Crippen LogP contribution in [-0.2, 0) is 0 Å². The molecular weight excluding hydrogens is 755 g/mol. The van der Waals surface area contributed by atoms with E-state index in [4.69, 9.17) is 14.4 Å². The van der Waals surface area contributed by atoms with Gasteiger partial charge >= 0.3 is 0 Å². The second-order valence-electron chi connectivity index (χ2n) is 17.7. The van der Waals surface area contributed by atoms with Crippen molar-refractivity contribution in [2.45, 2.75) is 39.3 Å². The first-order chi connectivity index (χ1) is 28.4. The van der Waals surface area contributed by atoms with Crippen LogP contribution in [0.15, 0.2) is 162 Å². The molecule has 0 aliphatic heterocycles. The summed E-state index contributed by atoms with van der Waals surface area (Å²) in [6.45, 7) is 14.2. The van der Waals surface area contributed by atoms with Gasteiger partial charge in [0.1, 0.15) is 22.7 Å². The van der Waals surface area contributed by atoms with Gasteiger partial charge in [-0.25, -0.2) is 4.98 Å². The van der Waals surface area contributed by atoms with Gasteiger partial charge in [0.2, 0.25) is 0 Å². The van der Waals surface area contributed by atoms with Gasteiger partial charge in [0.25, 0.3) is 0 Å². The summed E-state index contributed by atoms with van der Waals surface area (Å²) in [6, 6.07) is 52.9. The van der Waals surface area contributed by atoms with E-state index in [0.29, 0.717) is 11.4 Å². The van der Waals surface area contributed by atoms with Crippen molar-refractivity contribution < 1.29 is 9.52 Å². The second kappa shape index (κ2) is 13.8. The van der Waals surface area contributed by atoms with Crippen molar-refractivity contribution in [1.29, 1.82) is 0 Å². The number of phenolic OH excluding ortho intramolecular Hbond substituents is 1. The van der Waals surface area contributed by atoms with Gasteiger partial charge in [-0.05, 0) is 75.8 Å². The van der Waals surface area contributed by atoms with Crippen molar-refractivity contribution in [3.63, 3.8) is 0 Å². The highest BCUT2D eigenvalue weighted by Crippen LogP contribution is 2.43. The van der Waals surface area contributed by atoms with Crippen LogP contribution in [0.5, 0.6) is 5.75 Å². The number of phenols is 1. The molecule has 288 valence electrons. The number of furan rings is 1. The van der Waals surface area contributed by atoms with Crippen LogP contribution in [-0.4, -0.2) is 35.8 Å². The van der Waals surface area contributed by atoms with Crippen molar-refractivity contribution in [2.75, 3.05) is 0 Å². The number of benzene rings is 7. The lowest BCUT2D eigenvalue weighted by Crippen LogP contribution is -2.37. The van der Waals surface area contributed by atoms with Crippen molar-refractivity contribution >= 4 is 70.3 Å². The number of aromatic nitrogens is 3. The minimum Gasteiger partial charge on any atom is -0.507 e. The Kier molecular flexibility index (Phi) is 8.60. The summed E-state index contributed by atoms with van der Waals surface area (Å²) in [5.41, 5.74) is 11.1. The lowest BCUT2D eigenvalue weighted by atomic mass is 9.96. The second-order valence-corrected chi connectivity index (χ2v) is 27.8. The molecule has 0 radical (unpaired) electrons. The monoisotopic (exact) mass is 799 g/mol. The van der Waals surface area contributed by atoms with Crippen LogP contribution in [0.25, 0.3) is 94.3 Å². The average Bonchev–Trinajstić information content (AvgIpc) is 3.81. The highest BCUT2D eigenvalue weighted by molar-refractivity contribution is 6.89. The number of rotatable bonds is 7. The van der Waals surface area contributed by atoms with E-state index in [2.05, 4.69) is 159 Å². The van der Waals surface area contributed by atoms with Crippen LogP contribution in [0.2, 0.25) is 39.3 Å². The Labute approximate surface area is 346 Å². The summed E-state index contributed by atoms with van der Waals surface area (Å²) >= 11 is 0. The number of imidazole rings is 1. The maximum Gasteiger partial charge on any atom is 0.149 e. The van der Waals surface area contributed by atoms with Gasteiger partial charge < -0.3 is 9.52 Å². The fraction of sp³-hybridized carbons (Fsp3) is 0.115. The Morgan fingerprint density at radius 3 is 2.02 bits per heavy atom. The molecule has 0 aliphatic rings. The topological polar surface area (TPSA) is 64.1 Å². The first-order valence-electron chi connectivity index (χ1n) is 20.3. The lowest BCUT2D eigenvalue weighted by Gasteiger charge is -2.20. The number of fused-ring (bicyclic) bond motifs is 5. The summed E-state index contributed by atoms with van der Waals surface area (Å²) in [5.74, 6) is 0.859. The maximum atomic E-state index is 12.0. The molecule has 7 aromatic carbocycles. The highest BCUT2D eigenvalue weighted by Gasteiger charge is 2.27. The Balaban J connectivity index is 1.30. The fourth-order valence-electron chi connectivity index (χ4n) is 8.36. The highest BCUT2D eigenvalue weighted by atomic mass is 28.3. The Hall–Kier alpha value is -6.55. The fourth-order valence-corrected chi connectivity index (χ4v) is 10.5. The first kappa shape index (κ1) is 36.8. The third-order valence-corrected chi connectivity index (χ3v) is 15.7. The van der Waals surface area contributed by atoms with E-state index in [1.54, 1.807) is 0 Å². The van der Waals surface area contributed by atoms with Crippen LogP contribution in [0, 0.1) is 0 Å². The molecule has 10 aromatic rings. The first-order valence-corrected chi connectivity index (χ1v) is 27.3. The molecule has 10 rings (SSSR count). The van der Waals surface area contributed by atoms with Gasteiger partial charge in [0.15, 0.2) is 0 Å². The number of hydrogen-bond acceptors (Lipinski definition) is 4. The van der Waals surface area contributed by atoms with Crippen molar-refractivity contribution in [2.24, 2.45) is 0 Å². The molecule has 3 heterocycles. The molecule has 3 aromatic heterocycles. The third kappa shape index (κ3) is 6.38. The Bertz CT molecular complexity index is 3240. The van der Waals surface area contributed by atoms with Gasteiger partial charge in [-0.3, -0.25) is 9.55 Å². The van der Waals surface area contributed by atoms with E-state index < -0.39 is 16.1 Å². The van der Waals surface area contributed by atoms with E-state index in [9.17, 15) is 5.11 Å². The molecule has 0 amide bonds. The molecule has 0 spiro atoms. The summed E-state index contributed by atoms with van der Waals surface area (Å²) in [6.07, 6.45) is 2.06. The molecule has 0 unspecified atom stereocenters. The zero-order valence-electron chi connectivity index (χ0n) is 34.2. The minimum atomic E-state index is -1.92. The van der Waals surface area contributed by atoms with Crippen molar-refractivity contribution in [1.82, 2.24) is 14.5 Å². The summed E-state index contributed by atoms with van der Waals surface area (Å²) in [5, 5.41) is 18.9. The number of hydrogen-bond donors (Lipinski definition) is 1. The van der Waals surface area contributed by atoms with Gasteiger partial charge in [-0.2, -0.15) is 0 Å². The van der Waals surface area contributed by atoms with Gasteiger partial charge in [-0.15, -0.1) is 0 Å². The van der Waals surface area contributed by atoms with Gasteiger partial charge in [0, 0.05) is 33.5 Å². The van der Waals surface area contributed by atoms with Gasteiger partial charge in [-0.1, -0.05) is 148 Å². The van der Waals surface area contributed by atoms with Crippen molar-refractivity contribution in [3.05, 3.63) is 158 Å². The molecule has 0 bridgehead atoms. The largest absolute Gasteiger partial charge is 0.507 e. The van der Waals surface area contributed by atoms with Gasteiger partial charge in [0.05, 0.1) is 44.1 Å². The van der Waals surface area contributed by atoms with E-state index in [1.165, 1.54) is 10.4 Å². The van der Waals surface area contributed by atoms with Crippen LogP contribution in [0.4, 0.5) is 0 Å². The molecule has 0 saturated heterocycles. The summed E-state index contributed by atoms with van der Waals surface area (Å²) in [7, 11) is -3.49. The number of para-hydroxylation sites is 1. The molecular formula is C52H45N3O2Si2. The maximum absolute atomic E-state index is 12.0. The molecule has 0 aliphatic carbocycles. The molecule has 59 heavy (non-hydrogen) atoms. The van der Waals surface area contributed by atoms with E-state index in [-0.39, 0.29) is 5.75 Å². The SMILES string of the molecule is C[Si](C)(C)c1ccc(-c2cc(-c3cc([Si](C)(C)C)cc4c3nc(-c3ccc(-c5ccccc5)cc3O)n4-c3cccc4ccccc34)cc3c2oc2ccccc23)nc1. The predicted octanol–water partition coefficient (Wildman–Crippen LogP) is 12.9. The van der Waals surface area contributed by atoms with E-state index >= 15 is 0 Å². The average molecular weight is 800 g/mol. The smallest absolute Gasteiger partial charge is 0.149 e. The lowest BCUT2D eigenvalue weighted by molar-refractivity contribution is 0.477. The van der Waals surface area contributed by atoms with Crippen LogP contribution < -0.4 is 10.4 Å². The Morgan fingerprint density at radius 2 is 1.27 bits per heavy atom. The summed E-state index contributed by atoms with van der Waals surface area (Å²) in [4.78, 5) is 10.7. The van der Waals surface area contributed by atoms with Crippen molar-refractivity contribution in [3.8, 4) is 56.3 Å². The molecule has 5 nitrogen and oxygen atoms in total. The Morgan fingerprint density at radius 1 is 0.542 bits per heavy atom. The third-order valence-electron chi connectivity index (χ3n) is 11.7. The molecule has 1 N–H and O–H groups in total.